The summed E-state index contributed by atoms with van der Waals surface area (Å²) in [5, 5.41) is 7.65. The summed E-state index contributed by atoms with van der Waals surface area (Å²) in [5.41, 5.74) is 2.75. The van der Waals surface area contributed by atoms with Gasteiger partial charge in [0, 0.05) is 16.6 Å². The van der Waals surface area contributed by atoms with E-state index in [4.69, 9.17) is 4.42 Å². The number of halogens is 1. The number of furan rings is 1. The van der Waals surface area contributed by atoms with Crippen LogP contribution in [0.5, 0.6) is 0 Å². The highest BCUT2D eigenvalue weighted by Gasteiger charge is 2.21. The van der Waals surface area contributed by atoms with E-state index >= 15 is 0 Å². The van der Waals surface area contributed by atoms with Crippen molar-refractivity contribution in [3.05, 3.63) is 88.1 Å². The zero-order chi connectivity index (χ0) is 22.0. The Morgan fingerprint density at radius 2 is 1.87 bits per heavy atom. The lowest BCUT2D eigenvalue weighted by atomic mass is 9.87. The minimum Gasteiger partial charge on any atom is -0.461 e. The fraction of sp³-hybridized carbons (Fsp3) is 0.208. The third kappa shape index (κ3) is 4.77. The van der Waals surface area contributed by atoms with Gasteiger partial charge in [-0.3, -0.25) is 4.79 Å². The maximum absolute atomic E-state index is 13.3. The predicted molar refractivity (Wildman–Crippen MR) is 124 cm³/mol. The minimum absolute atomic E-state index is 0.0119. The number of nitrogens with one attached hydrogen (secondary N) is 1. The molecule has 2 heterocycles. The van der Waals surface area contributed by atoms with Gasteiger partial charge in [0.1, 0.15) is 0 Å². The first-order valence-corrected chi connectivity index (χ1v) is 10.7. The average Bonchev–Trinajstić information content (AvgIpc) is 3.41. The molecule has 31 heavy (non-hydrogen) atoms. The molecule has 0 fully saturated rings. The molecule has 0 aliphatic heterocycles. The second-order valence-electron chi connectivity index (χ2n) is 8.26. The van der Waals surface area contributed by atoms with Crippen molar-refractivity contribution in [3.8, 4) is 11.6 Å². The Kier molecular flexibility index (Phi) is 5.78. The Bertz CT molecular complexity index is 1190. The SMILES string of the molecule is CC(C)(C)c1ccc(C(=O)n2nc(-c3ccco3)nc2NCc2cccc(Br)c2)cc1. The van der Waals surface area contributed by atoms with Crippen LogP contribution in [0.25, 0.3) is 11.6 Å². The molecule has 0 radical (unpaired) electrons. The van der Waals surface area contributed by atoms with Crippen molar-refractivity contribution in [3.63, 3.8) is 0 Å². The molecule has 0 saturated carbocycles. The van der Waals surface area contributed by atoms with Crippen LogP contribution in [-0.4, -0.2) is 20.7 Å². The first-order chi connectivity index (χ1) is 14.8. The van der Waals surface area contributed by atoms with Crippen LogP contribution in [0.2, 0.25) is 0 Å². The van der Waals surface area contributed by atoms with E-state index in [2.05, 4.69) is 52.1 Å². The van der Waals surface area contributed by atoms with Gasteiger partial charge >= 0.3 is 0 Å². The molecule has 6 nitrogen and oxygen atoms in total. The van der Waals surface area contributed by atoms with E-state index in [-0.39, 0.29) is 11.3 Å². The number of nitrogens with zero attached hydrogens (tertiary/aromatic N) is 3. The van der Waals surface area contributed by atoms with Crippen molar-refractivity contribution in [1.29, 1.82) is 0 Å². The monoisotopic (exact) mass is 478 g/mol. The number of carbonyl (C=O) groups is 1. The van der Waals surface area contributed by atoms with Gasteiger partial charge in [-0.15, -0.1) is 5.10 Å². The Hall–Kier alpha value is -3.19. The van der Waals surface area contributed by atoms with Crippen molar-refractivity contribution >= 4 is 27.8 Å². The highest BCUT2D eigenvalue weighted by Crippen LogP contribution is 2.24. The zero-order valence-electron chi connectivity index (χ0n) is 17.6. The van der Waals surface area contributed by atoms with Crippen LogP contribution in [0.3, 0.4) is 0 Å². The van der Waals surface area contributed by atoms with Gasteiger partial charge < -0.3 is 9.73 Å². The maximum atomic E-state index is 13.3. The number of rotatable bonds is 5. The molecule has 0 amide bonds. The molecule has 2 aromatic carbocycles. The molecule has 2 aromatic heterocycles. The van der Waals surface area contributed by atoms with Crippen molar-refractivity contribution in [2.24, 2.45) is 0 Å². The Labute approximate surface area is 189 Å². The molecule has 0 saturated heterocycles. The lowest BCUT2D eigenvalue weighted by molar-refractivity contribution is 0.0947. The first kappa shape index (κ1) is 21.1. The van der Waals surface area contributed by atoms with E-state index in [1.54, 1.807) is 18.4 Å². The van der Waals surface area contributed by atoms with E-state index in [1.807, 2.05) is 48.5 Å². The van der Waals surface area contributed by atoms with E-state index in [9.17, 15) is 4.79 Å². The molecule has 1 N–H and O–H groups in total. The Morgan fingerprint density at radius 1 is 1.10 bits per heavy atom. The number of carbonyl (C=O) groups excluding carboxylic acids is 1. The standard InChI is InChI=1S/C24H23BrN4O2/c1-24(2,3)18-11-9-17(10-12-18)22(30)29-23(26-15-16-6-4-7-19(25)14-16)27-21(28-29)20-8-5-13-31-20/h4-14H,15H2,1-3H3,(H,26,27,28). The van der Waals surface area contributed by atoms with Gasteiger partial charge in [-0.05, 0) is 52.9 Å². The number of aromatic nitrogens is 3. The molecule has 0 spiro atoms. The molecule has 0 aliphatic rings. The summed E-state index contributed by atoms with van der Waals surface area (Å²) in [6, 6.07) is 19.1. The van der Waals surface area contributed by atoms with Crippen molar-refractivity contribution in [2.45, 2.75) is 32.7 Å². The molecule has 0 bridgehead atoms. The molecule has 7 heteroatoms. The van der Waals surface area contributed by atoms with Gasteiger partial charge in [-0.25, -0.2) is 0 Å². The van der Waals surface area contributed by atoms with Crippen LogP contribution in [0.4, 0.5) is 5.95 Å². The third-order valence-corrected chi connectivity index (χ3v) is 5.37. The highest BCUT2D eigenvalue weighted by atomic mass is 79.9. The quantitative estimate of drug-likeness (QED) is 0.386. The molecular weight excluding hydrogens is 456 g/mol. The van der Waals surface area contributed by atoms with E-state index in [0.29, 0.717) is 29.6 Å². The summed E-state index contributed by atoms with van der Waals surface area (Å²) >= 11 is 3.48. The summed E-state index contributed by atoms with van der Waals surface area (Å²) in [4.78, 5) is 17.8. The maximum Gasteiger partial charge on any atom is 0.281 e. The van der Waals surface area contributed by atoms with Crippen LogP contribution >= 0.6 is 15.9 Å². The summed E-state index contributed by atoms with van der Waals surface area (Å²) in [5.74, 6) is 0.945. The summed E-state index contributed by atoms with van der Waals surface area (Å²) in [7, 11) is 0. The predicted octanol–water partition coefficient (Wildman–Crippen LogP) is 5.90. The van der Waals surface area contributed by atoms with Crippen LogP contribution in [-0.2, 0) is 12.0 Å². The van der Waals surface area contributed by atoms with Gasteiger partial charge in [0.25, 0.3) is 5.91 Å². The summed E-state index contributed by atoms with van der Waals surface area (Å²) in [6.45, 7) is 6.91. The molecule has 4 rings (SSSR count). The van der Waals surface area contributed by atoms with Gasteiger partial charge in [0.05, 0.1) is 6.26 Å². The van der Waals surface area contributed by atoms with Crippen molar-refractivity contribution in [2.75, 3.05) is 5.32 Å². The van der Waals surface area contributed by atoms with Crippen molar-refractivity contribution in [1.82, 2.24) is 14.8 Å². The topological polar surface area (TPSA) is 73.0 Å². The lowest BCUT2D eigenvalue weighted by Crippen LogP contribution is -2.18. The number of benzene rings is 2. The number of hydrogen-bond acceptors (Lipinski definition) is 5. The van der Waals surface area contributed by atoms with E-state index in [0.717, 1.165) is 15.6 Å². The van der Waals surface area contributed by atoms with Gasteiger partial charge in [-0.2, -0.15) is 9.67 Å². The lowest BCUT2D eigenvalue weighted by Gasteiger charge is -2.19. The second-order valence-corrected chi connectivity index (χ2v) is 9.18. The Morgan fingerprint density at radius 3 is 2.52 bits per heavy atom. The normalized spacial score (nSPS) is 11.5. The van der Waals surface area contributed by atoms with E-state index < -0.39 is 0 Å². The molecule has 0 unspecified atom stereocenters. The Balaban J connectivity index is 1.65. The second kappa shape index (κ2) is 8.51. The zero-order valence-corrected chi connectivity index (χ0v) is 19.2. The third-order valence-electron chi connectivity index (χ3n) is 4.88. The van der Waals surface area contributed by atoms with Gasteiger partial charge in [0.2, 0.25) is 11.8 Å². The smallest absolute Gasteiger partial charge is 0.281 e. The molecule has 4 aromatic rings. The summed E-state index contributed by atoms with van der Waals surface area (Å²) in [6.07, 6.45) is 1.55. The molecule has 158 valence electrons. The van der Waals surface area contributed by atoms with Crippen LogP contribution in [0, 0.1) is 0 Å². The minimum atomic E-state index is -0.262. The highest BCUT2D eigenvalue weighted by molar-refractivity contribution is 9.10. The van der Waals surface area contributed by atoms with Crippen LogP contribution in [0.15, 0.2) is 75.8 Å². The van der Waals surface area contributed by atoms with Gasteiger partial charge in [0.15, 0.2) is 5.76 Å². The molecular formula is C24H23BrN4O2. The van der Waals surface area contributed by atoms with Crippen molar-refractivity contribution < 1.29 is 9.21 Å². The molecule has 0 aliphatic carbocycles. The number of anilines is 1. The van der Waals surface area contributed by atoms with E-state index in [1.165, 1.54) is 4.68 Å². The van der Waals surface area contributed by atoms with Crippen LogP contribution in [0.1, 0.15) is 42.3 Å². The fourth-order valence-electron chi connectivity index (χ4n) is 3.14. The first-order valence-electron chi connectivity index (χ1n) is 9.96. The van der Waals surface area contributed by atoms with Crippen LogP contribution < -0.4 is 5.32 Å². The largest absolute Gasteiger partial charge is 0.461 e. The van der Waals surface area contributed by atoms with Gasteiger partial charge in [-0.1, -0.05) is 61.0 Å². The summed E-state index contributed by atoms with van der Waals surface area (Å²) < 4.78 is 7.70. The fourth-order valence-corrected chi connectivity index (χ4v) is 3.59. The molecule has 0 atom stereocenters. The average molecular weight is 479 g/mol. The number of hydrogen-bond donors (Lipinski definition) is 1.